The molecule has 0 aliphatic rings. The number of rotatable bonds is 11. The summed E-state index contributed by atoms with van der Waals surface area (Å²) < 4.78 is 18.4. The van der Waals surface area contributed by atoms with Crippen molar-refractivity contribution in [2.45, 2.75) is 12.5 Å². The fourth-order valence-corrected chi connectivity index (χ4v) is 3.76. The molecule has 0 fully saturated rings. The molecule has 2 aromatic carbocycles. The first-order chi connectivity index (χ1) is 25.4. The SMILES string of the molecule is COC(=O)c1ccc(O)cc1.COC(=O)c1ccc(OCc2nccn2C)cc1.Cl.Cn1ccnc1CCl.[B]B([B])B([B])B([B])[B].[B][B]B(B([B])[B])B([B])[B]. The maximum Gasteiger partial charge on any atom is 0.337 e. The second-order valence-corrected chi connectivity index (χ2v) is 11.3. The summed E-state index contributed by atoms with van der Waals surface area (Å²) in [5.41, 5.74) is 0.937. The fourth-order valence-electron chi connectivity index (χ4n) is 3.50. The Hall–Kier alpha value is -2.92. The van der Waals surface area contributed by atoms with Crippen molar-refractivity contribution in [3.63, 3.8) is 0 Å². The molecule has 0 atom stereocenters. The summed E-state index contributed by atoms with van der Waals surface area (Å²) in [5.74, 6) is 2.31. The van der Waals surface area contributed by atoms with Crippen LogP contribution >= 0.6 is 24.0 Å². The van der Waals surface area contributed by atoms with Crippen molar-refractivity contribution in [3.8, 4) is 11.5 Å². The minimum absolute atomic E-state index is 0. The van der Waals surface area contributed by atoms with Crippen LogP contribution in [-0.4, -0.2) is 173 Å². The number of hydrogen-bond acceptors (Lipinski definition) is 8. The highest BCUT2D eigenvalue weighted by Gasteiger charge is 2.18. The molecule has 0 bridgehead atoms. The second kappa shape index (κ2) is 30.3. The van der Waals surface area contributed by atoms with E-state index in [1.54, 1.807) is 36.7 Å². The van der Waals surface area contributed by atoms with Gasteiger partial charge in [-0.1, -0.05) is 0 Å². The van der Waals surface area contributed by atoms with Gasteiger partial charge >= 0.3 is 11.9 Å². The third kappa shape index (κ3) is 22.4. The molecule has 1 N–H and O–H groups in total. The van der Waals surface area contributed by atoms with Gasteiger partial charge in [0.25, 0.3) is 0 Å². The van der Waals surface area contributed by atoms with Gasteiger partial charge in [-0.2, -0.15) is 0 Å². The largest absolute Gasteiger partial charge is 0.508 e. The number of halogens is 2. The van der Waals surface area contributed by atoms with Gasteiger partial charge in [-0.05, 0) is 48.5 Å². The number of ether oxygens (including phenoxy) is 3. The van der Waals surface area contributed by atoms with Crippen LogP contribution < -0.4 is 4.74 Å². The molecule has 29 heteroatoms. The number of aromatic hydroxyl groups is 1. The Morgan fingerprint density at radius 3 is 1.38 bits per heavy atom. The Morgan fingerprint density at radius 1 is 0.727 bits per heavy atom. The molecule has 10 nitrogen and oxygen atoms in total. The van der Waals surface area contributed by atoms with E-state index in [1.807, 2.05) is 35.6 Å². The number of esters is 2. The number of carbonyl (C=O) groups is 2. The lowest BCUT2D eigenvalue weighted by Gasteiger charge is -2.17. The number of imidazole rings is 2. The smallest absolute Gasteiger partial charge is 0.337 e. The van der Waals surface area contributed by atoms with Crippen LogP contribution in [0.4, 0.5) is 0 Å². The number of alkyl halides is 1. The maximum atomic E-state index is 11.2. The van der Waals surface area contributed by atoms with E-state index >= 15 is 0 Å². The van der Waals surface area contributed by atoms with Gasteiger partial charge in [0.1, 0.15) is 29.8 Å². The van der Waals surface area contributed by atoms with Crippen molar-refractivity contribution < 1.29 is 28.9 Å². The molecular weight excluding hydrogens is 719 g/mol. The molecule has 2 aromatic heterocycles. The van der Waals surface area contributed by atoms with Crippen LogP contribution in [0.1, 0.15) is 32.4 Å². The summed E-state index contributed by atoms with van der Waals surface area (Å²) in [4.78, 5) is 30.2. The Labute approximate surface area is 353 Å². The van der Waals surface area contributed by atoms with Crippen molar-refractivity contribution >= 4 is 159 Å². The third-order valence-corrected chi connectivity index (χ3v) is 7.13. The predicted molar refractivity (Wildman–Crippen MR) is 243 cm³/mol. The Morgan fingerprint density at radius 2 is 1.13 bits per heavy atom. The zero-order valence-electron chi connectivity index (χ0n) is 31.2. The zero-order chi connectivity index (χ0) is 41.4. The highest BCUT2D eigenvalue weighted by Crippen LogP contribution is 2.14. The lowest BCUT2D eigenvalue weighted by Crippen LogP contribution is -2.55. The average Bonchev–Trinajstić information content (AvgIpc) is 3.77. The van der Waals surface area contributed by atoms with Crippen LogP contribution in [0.3, 0.4) is 0 Å². The average molecular weight is 749 g/mol. The molecule has 0 spiro atoms. The van der Waals surface area contributed by atoms with E-state index < -0.39 is 37.9 Å². The van der Waals surface area contributed by atoms with Crippen molar-refractivity contribution in [1.29, 1.82) is 0 Å². The number of aryl methyl sites for hydroxylation is 2. The van der Waals surface area contributed by atoms with Gasteiger partial charge in [-0.15, -0.1) is 24.0 Å². The molecule has 0 aliphatic carbocycles. The molecule has 0 amide bonds. The lowest BCUT2D eigenvalue weighted by atomic mass is 8.64. The number of phenolic OH excluding ortho intramolecular Hbond substituents is 1. The number of phenols is 1. The molecule has 55 heavy (non-hydrogen) atoms. The predicted octanol–water partition coefficient (Wildman–Crippen LogP) is -1.93. The molecule has 4 rings (SSSR count). The summed E-state index contributed by atoms with van der Waals surface area (Å²) >= 11 is 5.49. The van der Waals surface area contributed by atoms with E-state index in [1.165, 1.54) is 45.5 Å². The molecular formula is C26H30B17Cl2N4O6. The summed E-state index contributed by atoms with van der Waals surface area (Å²) in [6.07, 6.45) is 3.95. The lowest BCUT2D eigenvalue weighted by molar-refractivity contribution is 0.0591. The van der Waals surface area contributed by atoms with Gasteiger partial charge < -0.3 is 28.5 Å². The third-order valence-electron chi connectivity index (χ3n) is 6.89. The standard InChI is InChI=1S/C13H14N2O3.C8H8O3.C5H7ClN2.B9.B8.ClH/c1-15-8-7-14-12(15)9-18-11-5-3-10(4-6-11)13(16)17-2;1-11-8(10)6-2-4-7(9)5-3-6;1-8-3-2-7-5(8)4-6;1-6-9(7(2)3)8(4)5;1-6(2)8(5)7(3)4;/h3-8H,9H2,1-2H3;2-5,9H,1H3;2-3H,4H2,1H3;;;1H. The summed E-state index contributed by atoms with van der Waals surface area (Å²) in [5, 5.41) is 8.86. The van der Waals surface area contributed by atoms with E-state index in [9.17, 15) is 9.59 Å². The van der Waals surface area contributed by atoms with E-state index in [2.05, 4.69) is 19.4 Å². The minimum atomic E-state index is -0.630. The van der Waals surface area contributed by atoms with Crippen LogP contribution in [0.5, 0.6) is 11.5 Å². The van der Waals surface area contributed by atoms with Crippen LogP contribution in [0.2, 0.25) is 0 Å². The quantitative estimate of drug-likeness (QED) is 0.107. The van der Waals surface area contributed by atoms with Crippen molar-refractivity contribution in [1.82, 2.24) is 19.1 Å². The highest BCUT2D eigenvalue weighted by molar-refractivity contribution is 7.94. The van der Waals surface area contributed by atoms with E-state index in [0.717, 1.165) is 11.6 Å². The van der Waals surface area contributed by atoms with Crippen LogP contribution in [-0.2, 0) is 36.1 Å². The Kier molecular flexibility index (Phi) is 29.8. The molecule has 0 saturated carbocycles. The molecule has 0 unspecified atom stereocenters. The number of benzene rings is 2. The first-order valence-corrected chi connectivity index (χ1v) is 16.5. The van der Waals surface area contributed by atoms with Gasteiger partial charge in [0.05, 0.1) is 31.2 Å². The van der Waals surface area contributed by atoms with Gasteiger partial charge in [0, 0.05) is 162 Å². The van der Waals surface area contributed by atoms with Crippen molar-refractivity contribution in [2.24, 2.45) is 14.1 Å². The van der Waals surface area contributed by atoms with Crippen LogP contribution in [0, 0.1) is 0 Å². The van der Waals surface area contributed by atoms with E-state index in [4.69, 9.17) is 98.8 Å². The van der Waals surface area contributed by atoms with Gasteiger partial charge in [-0.25, -0.2) is 19.6 Å². The summed E-state index contributed by atoms with van der Waals surface area (Å²) in [6.45, 7) is 0.390. The molecule has 0 aliphatic heterocycles. The number of carbonyl (C=O) groups excluding carboxylic acids is 2. The zero-order valence-corrected chi connectivity index (χ0v) is 32.8. The summed E-state index contributed by atoms with van der Waals surface area (Å²) in [6, 6.07) is 12.7. The number of hydrogen-bond donors (Lipinski definition) is 1. The van der Waals surface area contributed by atoms with Gasteiger partial charge in [0.15, 0.2) is 0 Å². The highest BCUT2D eigenvalue weighted by atomic mass is 35.5. The van der Waals surface area contributed by atoms with Crippen molar-refractivity contribution in [2.75, 3.05) is 14.2 Å². The maximum absolute atomic E-state index is 11.2. The number of nitrogens with zero attached hydrogens (tertiary/aromatic N) is 4. The molecule has 255 valence electrons. The summed E-state index contributed by atoms with van der Waals surface area (Å²) in [7, 11) is 59.7. The van der Waals surface area contributed by atoms with Crippen LogP contribution in [0.25, 0.3) is 0 Å². The van der Waals surface area contributed by atoms with Gasteiger partial charge in [-0.3, -0.25) is 0 Å². The first kappa shape index (κ1) is 54.2. The fraction of sp³-hybridized carbons (Fsp3) is 0.231. The van der Waals surface area contributed by atoms with Crippen LogP contribution in [0.15, 0.2) is 73.3 Å². The van der Waals surface area contributed by atoms with E-state index in [-0.39, 0.29) is 30.5 Å². The van der Waals surface area contributed by atoms with Gasteiger partial charge in [0.2, 0.25) is 0 Å². The second-order valence-electron chi connectivity index (χ2n) is 11.0. The Bertz CT molecular complexity index is 1590. The molecule has 0 saturated heterocycles. The topological polar surface area (TPSA) is 118 Å². The monoisotopic (exact) mass is 751 g/mol. The van der Waals surface area contributed by atoms with E-state index in [0.29, 0.717) is 29.4 Å². The Balaban J connectivity index is 0. The first-order valence-electron chi connectivity index (χ1n) is 16.0. The molecule has 4 aromatic rings. The minimum Gasteiger partial charge on any atom is -0.508 e. The number of aromatic nitrogens is 4. The normalized spacial score (nSPS) is 9.04. The molecule has 2 heterocycles. The van der Waals surface area contributed by atoms with Crippen molar-refractivity contribution in [3.05, 3.63) is 96.1 Å². The molecule has 21 radical (unpaired) electrons. The number of methoxy groups -OCH3 is 2.